The van der Waals surface area contributed by atoms with Crippen molar-refractivity contribution in [1.82, 2.24) is 43.9 Å². The average Bonchev–Trinajstić information content (AvgIpc) is 3.95. The molecule has 1 saturated heterocycles. The maximum Gasteiger partial charge on any atom is 0.219 e. The molecule has 0 bridgehead atoms. The second-order valence-electron chi connectivity index (χ2n) is 17.1. The molecule has 67 heavy (non-hydrogen) atoms. The Bertz CT molecular complexity index is 3460. The van der Waals surface area contributed by atoms with Gasteiger partial charge in [-0.15, -0.1) is 0 Å². The third-order valence-electron chi connectivity index (χ3n) is 12.8. The summed E-state index contributed by atoms with van der Waals surface area (Å²) in [6, 6.07) is 33.5. The second-order valence-corrected chi connectivity index (χ2v) is 17.1. The Hall–Kier alpha value is -8.50. The van der Waals surface area contributed by atoms with Gasteiger partial charge in [0.05, 0.1) is 39.7 Å². The lowest BCUT2D eigenvalue weighted by Gasteiger charge is -2.37. The smallest absolute Gasteiger partial charge is 0.219 e. The number of amides is 1. The normalized spacial score (nSPS) is 14.1. The molecule has 330 valence electrons. The summed E-state index contributed by atoms with van der Waals surface area (Å²) in [6.45, 7) is 3.71. The van der Waals surface area contributed by atoms with Crippen LogP contribution in [0.1, 0.15) is 42.5 Å². The van der Waals surface area contributed by atoms with Gasteiger partial charge in [0.15, 0.2) is 0 Å². The molecule has 1 fully saturated rings. The lowest BCUT2D eigenvalue weighted by atomic mass is 9.86. The second kappa shape index (κ2) is 18.5. The predicted molar refractivity (Wildman–Crippen MR) is 265 cm³/mol. The monoisotopic (exact) mass is 880 g/mol. The van der Waals surface area contributed by atoms with Gasteiger partial charge in [-0.05, 0) is 101 Å². The third kappa shape index (κ3) is 8.85. The van der Waals surface area contributed by atoms with Crippen LogP contribution >= 0.6 is 0 Å². The summed E-state index contributed by atoms with van der Waals surface area (Å²) in [5.41, 5.74) is 14.4. The average molecular weight is 881 g/mol. The maximum absolute atomic E-state index is 12.2. The number of pyridine rings is 2. The lowest BCUT2D eigenvalue weighted by Crippen LogP contribution is -2.41. The molecule has 6 aromatic heterocycles. The molecule has 10 aromatic rings. The number of anilines is 2. The molecule has 2 N–H and O–H groups in total. The highest BCUT2D eigenvalue weighted by Crippen LogP contribution is 2.37. The molecule has 7 heterocycles. The van der Waals surface area contributed by atoms with E-state index < -0.39 is 0 Å². The van der Waals surface area contributed by atoms with E-state index in [2.05, 4.69) is 143 Å². The fraction of sp³-hybridized carbons (Fsp3) is 0.185. The summed E-state index contributed by atoms with van der Waals surface area (Å²) in [7, 11) is 4.11. The number of rotatable bonds is 9. The summed E-state index contributed by atoms with van der Waals surface area (Å²) < 4.78 is 4.25. The van der Waals surface area contributed by atoms with E-state index in [0.717, 1.165) is 98.3 Å². The van der Waals surface area contributed by atoms with Gasteiger partial charge in [0.2, 0.25) is 5.91 Å². The number of nitrogens with one attached hydrogen (secondary N) is 2. The summed E-state index contributed by atoms with van der Waals surface area (Å²) >= 11 is 0. The van der Waals surface area contributed by atoms with Crippen LogP contribution in [0.4, 0.5) is 11.4 Å². The molecule has 13 nitrogen and oxygen atoms in total. The fourth-order valence-electron chi connectivity index (χ4n) is 9.29. The molecule has 0 radical (unpaired) electrons. The highest BCUT2D eigenvalue weighted by Gasteiger charge is 2.30. The van der Waals surface area contributed by atoms with E-state index in [1.807, 2.05) is 30.3 Å². The van der Waals surface area contributed by atoms with Crippen molar-refractivity contribution >= 4 is 61.2 Å². The van der Waals surface area contributed by atoms with E-state index >= 15 is 0 Å². The summed E-state index contributed by atoms with van der Waals surface area (Å²) in [5.74, 6) is 0.400. The Balaban J connectivity index is 0.000000160. The van der Waals surface area contributed by atoms with E-state index in [-0.39, 0.29) is 17.9 Å². The predicted octanol–water partition coefficient (Wildman–Crippen LogP) is 10.3. The minimum absolute atomic E-state index is 0.00757. The van der Waals surface area contributed by atoms with Crippen molar-refractivity contribution in [2.45, 2.75) is 32.4 Å². The van der Waals surface area contributed by atoms with Crippen LogP contribution < -0.4 is 10.6 Å². The van der Waals surface area contributed by atoms with Crippen molar-refractivity contribution in [2.24, 2.45) is 20.0 Å². The van der Waals surface area contributed by atoms with Gasteiger partial charge in [-0.1, -0.05) is 30.3 Å². The minimum atomic E-state index is 0.00757. The molecule has 1 aliphatic rings. The Morgan fingerprint density at radius 2 is 1.36 bits per heavy atom. The Morgan fingerprint density at radius 1 is 0.731 bits per heavy atom. The molecule has 13 heteroatoms. The SMILES string of the molecule is CC(=O)N1CCCC([C@@H](Nc2cc(-c3ccc4ccn(C)c4c3)c3nccnc3c2)c2cccnc2)C1.Cn1ccc2ccc(-c3cc(NCc4cnccc4C#N)cc4nccnc34)cc21. The zero-order chi connectivity index (χ0) is 45.9. The van der Waals surface area contributed by atoms with Gasteiger partial charge in [0.1, 0.15) is 0 Å². The van der Waals surface area contributed by atoms with Gasteiger partial charge >= 0.3 is 0 Å². The van der Waals surface area contributed by atoms with Gasteiger partial charge in [-0.2, -0.15) is 5.26 Å². The van der Waals surface area contributed by atoms with Crippen molar-refractivity contribution in [3.8, 4) is 28.3 Å². The van der Waals surface area contributed by atoms with E-state index in [1.54, 1.807) is 56.4 Å². The Kier molecular flexibility index (Phi) is 11.7. The van der Waals surface area contributed by atoms with Crippen molar-refractivity contribution in [1.29, 1.82) is 5.26 Å². The molecule has 4 aromatic carbocycles. The van der Waals surface area contributed by atoms with Crippen LogP contribution in [-0.2, 0) is 25.4 Å². The van der Waals surface area contributed by atoms with Crippen LogP contribution in [0.25, 0.3) is 66.1 Å². The van der Waals surface area contributed by atoms with E-state index in [9.17, 15) is 10.1 Å². The maximum atomic E-state index is 12.2. The zero-order valence-corrected chi connectivity index (χ0v) is 37.5. The third-order valence-corrected chi connectivity index (χ3v) is 12.8. The molecule has 0 saturated carbocycles. The lowest BCUT2D eigenvalue weighted by molar-refractivity contribution is -0.130. The molecular formula is C54H48N12O. The van der Waals surface area contributed by atoms with Gasteiger partial charge < -0.3 is 24.7 Å². The van der Waals surface area contributed by atoms with Crippen LogP contribution in [-0.4, -0.2) is 62.9 Å². The van der Waals surface area contributed by atoms with Crippen LogP contribution in [0, 0.1) is 17.2 Å². The van der Waals surface area contributed by atoms with Gasteiger partial charge in [0, 0.05) is 148 Å². The van der Waals surface area contributed by atoms with Gasteiger partial charge in [0.25, 0.3) is 0 Å². The summed E-state index contributed by atoms with van der Waals surface area (Å²) in [4.78, 5) is 41.1. The highest BCUT2D eigenvalue weighted by atomic mass is 16.2. The Morgan fingerprint density at radius 3 is 1.99 bits per heavy atom. The number of carbonyl (C=O) groups excluding carboxylic acids is 1. The number of likely N-dealkylation sites (tertiary alicyclic amines) is 1. The first-order valence-corrected chi connectivity index (χ1v) is 22.4. The number of benzene rings is 4. The molecule has 1 unspecified atom stereocenters. The standard InChI is InChI=1S/C30H30N6O.C24H18N6/c1-20(37)36-13-4-6-24(19-36)29(23-5-3-10-31-18-23)34-25-16-26(30-27(17-25)32-11-12-33-30)22-8-7-21-9-14-35(2)28(21)15-22;1-30-9-5-16-2-3-17(10-23(16)30)21-11-20(12-22-24(21)28-8-7-27-22)29-15-19-14-26-6-4-18(19)13-25/h3,5,7-12,14-18,24,29,34H,4,6,13,19H2,1-2H3;2-12,14,29H,15H2,1H3/t24?,29-;/m0./s1. The number of aromatic nitrogens is 8. The number of nitriles is 1. The number of carbonyl (C=O) groups is 1. The number of fused-ring (bicyclic) bond motifs is 4. The minimum Gasteiger partial charge on any atom is -0.381 e. The fourth-order valence-corrected chi connectivity index (χ4v) is 9.29. The van der Waals surface area contributed by atoms with Crippen LogP contribution in [0.2, 0.25) is 0 Å². The van der Waals surface area contributed by atoms with Crippen molar-refractivity contribution in [3.05, 3.63) is 170 Å². The van der Waals surface area contributed by atoms with Crippen LogP contribution in [0.5, 0.6) is 0 Å². The number of hydrogen-bond donors (Lipinski definition) is 2. The number of hydrogen-bond acceptors (Lipinski definition) is 10. The molecule has 11 rings (SSSR count). The largest absolute Gasteiger partial charge is 0.381 e. The zero-order valence-electron chi connectivity index (χ0n) is 37.5. The van der Waals surface area contributed by atoms with Crippen molar-refractivity contribution in [3.63, 3.8) is 0 Å². The Labute approximate surface area is 387 Å². The van der Waals surface area contributed by atoms with Crippen LogP contribution in [0.15, 0.2) is 153 Å². The van der Waals surface area contributed by atoms with E-state index in [4.69, 9.17) is 4.98 Å². The van der Waals surface area contributed by atoms with E-state index in [0.29, 0.717) is 12.1 Å². The summed E-state index contributed by atoms with van der Waals surface area (Å²) in [5, 5.41) is 19.0. The number of piperidine rings is 1. The molecular weight excluding hydrogens is 833 g/mol. The number of nitrogens with zero attached hydrogens (tertiary/aromatic N) is 10. The van der Waals surface area contributed by atoms with E-state index in [1.165, 1.54) is 16.3 Å². The highest BCUT2D eigenvalue weighted by molar-refractivity contribution is 5.98. The summed E-state index contributed by atoms with van der Waals surface area (Å²) in [6.07, 6.45) is 20.2. The molecule has 0 spiro atoms. The quantitative estimate of drug-likeness (QED) is 0.143. The van der Waals surface area contributed by atoms with Crippen molar-refractivity contribution < 1.29 is 4.79 Å². The first-order chi connectivity index (χ1) is 32.8. The van der Waals surface area contributed by atoms with Gasteiger partial charge in [-0.25, -0.2) is 0 Å². The molecule has 1 aliphatic heterocycles. The van der Waals surface area contributed by atoms with Gasteiger partial charge in [-0.3, -0.25) is 34.7 Å². The number of aryl methyl sites for hydroxylation is 2. The molecule has 2 atom stereocenters. The molecule has 0 aliphatic carbocycles. The first kappa shape index (κ1) is 42.5. The van der Waals surface area contributed by atoms with Crippen molar-refractivity contribution in [2.75, 3.05) is 23.7 Å². The van der Waals surface area contributed by atoms with Crippen LogP contribution in [0.3, 0.4) is 0 Å². The first-order valence-electron chi connectivity index (χ1n) is 22.4. The molecule has 1 amide bonds. The topological polar surface area (TPSA) is 155 Å².